The molecule has 2 unspecified atom stereocenters. The summed E-state index contributed by atoms with van der Waals surface area (Å²) >= 11 is 1.99. The lowest BCUT2D eigenvalue weighted by Crippen LogP contribution is -2.40. The molecule has 1 aromatic carbocycles. The normalized spacial score (nSPS) is 21.2. The first-order valence-corrected chi connectivity index (χ1v) is 8.11. The van der Waals surface area contributed by atoms with E-state index in [-0.39, 0.29) is 0 Å². The molecule has 106 valence electrons. The van der Waals surface area contributed by atoms with Crippen LogP contribution in [0.5, 0.6) is 0 Å². The first-order chi connectivity index (χ1) is 9.34. The summed E-state index contributed by atoms with van der Waals surface area (Å²) in [4.78, 5) is 0. The molecule has 0 radical (unpaired) electrons. The predicted octanol–water partition coefficient (Wildman–Crippen LogP) is 2.05. The summed E-state index contributed by atoms with van der Waals surface area (Å²) in [6.07, 6.45) is 2.09. The van der Waals surface area contributed by atoms with Gasteiger partial charge in [-0.05, 0) is 24.2 Å². The Kier molecular flexibility index (Phi) is 6.71. The number of ether oxygens (including phenoxy) is 1. The van der Waals surface area contributed by atoms with Gasteiger partial charge >= 0.3 is 0 Å². The van der Waals surface area contributed by atoms with E-state index >= 15 is 0 Å². The summed E-state index contributed by atoms with van der Waals surface area (Å²) in [5, 5.41) is 13.3. The minimum atomic E-state index is -0.421. The number of hydrogen-bond acceptors (Lipinski definition) is 4. The molecule has 1 aromatic rings. The minimum Gasteiger partial charge on any atom is -0.389 e. The smallest absolute Gasteiger partial charge is 0.0897 e. The molecule has 0 spiro atoms. The average molecular weight is 281 g/mol. The van der Waals surface area contributed by atoms with Gasteiger partial charge in [0.15, 0.2) is 0 Å². The third-order valence-corrected chi connectivity index (χ3v) is 4.44. The Bertz CT molecular complexity index is 341. The van der Waals surface area contributed by atoms with Gasteiger partial charge in [-0.15, -0.1) is 0 Å². The SMILES string of the molecule is OC(CNC1CCCSC1)COCc1ccccc1. The highest BCUT2D eigenvalue weighted by atomic mass is 32.2. The molecule has 0 aliphatic carbocycles. The van der Waals surface area contributed by atoms with E-state index in [0.717, 1.165) is 11.3 Å². The van der Waals surface area contributed by atoms with Crippen molar-refractivity contribution in [1.82, 2.24) is 5.32 Å². The number of rotatable bonds is 7. The minimum absolute atomic E-state index is 0.391. The fourth-order valence-corrected chi connectivity index (χ4v) is 3.26. The van der Waals surface area contributed by atoms with E-state index in [0.29, 0.717) is 25.8 Å². The van der Waals surface area contributed by atoms with Crippen molar-refractivity contribution in [3.63, 3.8) is 0 Å². The van der Waals surface area contributed by atoms with Crippen LogP contribution in [0.25, 0.3) is 0 Å². The van der Waals surface area contributed by atoms with Crippen molar-refractivity contribution < 1.29 is 9.84 Å². The third-order valence-electron chi connectivity index (χ3n) is 3.22. The van der Waals surface area contributed by atoms with Crippen molar-refractivity contribution >= 4 is 11.8 Å². The van der Waals surface area contributed by atoms with Crippen molar-refractivity contribution in [3.05, 3.63) is 35.9 Å². The molecule has 2 rings (SSSR count). The van der Waals surface area contributed by atoms with Gasteiger partial charge in [-0.3, -0.25) is 0 Å². The molecule has 1 saturated heterocycles. The average Bonchev–Trinajstić information content (AvgIpc) is 2.47. The molecule has 0 bridgehead atoms. The van der Waals surface area contributed by atoms with E-state index in [1.807, 2.05) is 42.1 Å². The van der Waals surface area contributed by atoms with E-state index in [1.165, 1.54) is 18.6 Å². The maximum atomic E-state index is 9.86. The van der Waals surface area contributed by atoms with Gasteiger partial charge in [-0.1, -0.05) is 30.3 Å². The van der Waals surface area contributed by atoms with Gasteiger partial charge in [0.05, 0.1) is 19.3 Å². The molecule has 4 heteroatoms. The second-order valence-electron chi connectivity index (χ2n) is 4.98. The van der Waals surface area contributed by atoms with Gasteiger partial charge in [-0.25, -0.2) is 0 Å². The molecule has 1 heterocycles. The second-order valence-corrected chi connectivity index (χ2v) is 6.13. The fraction of sp³-hybridized carbons (Fsp3) is 0.600. The van der Waals surface area contributed by atoms with Crippen LogP contribution in [0.3, 0.4) is 0 Å². The first kappa shape index (κ1) is 14.9. The topological polar surface area (TPSA) is 41.5 Å². The summed E-state index contributed by atoms with van der Waals surface area (Å²) in [6, 6.07) is 10.6. The largest absolute Gasteiger partial charge is 0.389 e. The first-order valence-electron chi connectivity index (χ1n) is 6.95. The fourth-order valence-electron chi connectivity index (χ4n) is 2.15. The molecule has 1 aliphatic rings. The van der Waals surface area contributed by atoms with Gasteiger partial charge in [0.25, 0.3) is 0 Å². The van der Waals surface area contributed by atoms with Crippen LogP contribution in [0.15, 0.2) is 30.3 Å². The van der Waals surface area contributed by atoms with Crippen LogP contribution in [0.2, 0.25) is 0 Å². The quantitative estimate of drug-likeness (QED) is 0.802. The van der Waals surface area contributed by atoms with Crippen LogP contribution in [0, 0.1) is 0 Å². The highest BCUT2D eigenvalue weighted by molar-refractivity contribution is 7.99. The van der Waals surface area contributed by atoms with Crippen molar-refractivity contribution in [2.75, 3.05) is 24.7 Å². The number of nitrogens with one attached hydrogen (secondary N) is 1. The Balaban J connectivity index is 1.55. The predicted molar refractivity (Wildman–Crippen MR) is 80.5 cm³/mol. The van der Waals surface area contributed by atoms with Gasteiger partial charge in [0.1, 0.15) is 0 Å². The van der Waals surface area contributed by atoms with Gasteiger partial charge < -0.3 is 15.2 Å². The van der Waals surface area contributed by atoms with E-state index in [2.05, 4.69) is 5.32 Å². The molecule has 0 amide bonds. The van der Waals surface area contributed by atoms with Gasteiger partial charge in [-0.2, -0.15) is 11.8 Å². The zero-order valence-electron chi connectivity index (χ0n) is 11.3. The molecule has 2 N–H and O–H groups in total. The lowest BCUT2D eigenvalue weighted by Gasteiger charge is -2.24. The maximum Gasteiger partial charge on any atom is 0.0897 e. The summed E-state index contributed by atoms with van der Waals surface area (Å²) < 4.78 is 5.53. The van der Waals surface area contributed by atoms with Crippen LogP contribution in [-0.4, -0.2) is 41.9 Å². The zero-order chi connectivity index (χ0) is 13.3. The number of hydrogen-bond donors (Lipinski definition) is 2. The van der Waals surface area contributed by atoms with E-state index in [9.17, 15) is 5.11 Å². The Morgan fingerprint density at radius 2 is 2.21 bits per heavy atom. The molecular formula is C15H23NO2S. The van der Waals surface area contributed by atoms with E-state index < -0.39 is 6.10 Å². The number of aliphatic hydroxyl groups is 1. The summed E-state index contributed by atoms with van der Waals surface area (Å²) in [6.45, 7) is 1.58. The highest BCUT2D eigenvalue weighted by Crippen LogP contribution is 2.16. The molecule has 1 fully saturated rings. The molecule has 19 heavy (non-hydrogen) atoms. The van der Waals surface area contributed by atoms with Crippen LogP contribution in [0.1, 0.15) is 18.4 Å². The number of benzene rings is 1. The van der Waals surface area contributed by atoms with Gasteiger partial charge in [0.2, 0.25) is 0 Å². The standard InChI is InChI=1S/C15H23NO2S/c17-15(9-16-14-7-4-8-19-12-14)11-18-10-13-5-2-1-3-6-13/h1-3,5-6,14-17H,4,7-12H2. The van der Waals surface area contributed by atoms with Crippen LogP contribution >= 0.6 is 11.8 Å². The molecule has 2 atom stereocenters. The van der Waals surface area contributed by atoms with Crippen molar-refractivity contribution in [1.29, 1.82) is 0 Å². The Morgan fingerprint density at radius 1 is 1.37 bits per heavy atom. The van der Waals surface area contributed by atoms with Crippen molar-refractivity contribution in [2.45, 2.75) is 31.6 Å². The monoisotopic (exact) mass is 281 g/mol. The molecule has 0 aromatic heterocycles. The lowest BCUT2D eigenvalue weighted by atomic mass is 10.2. The van der Waals surface area contributed by atoms with Crippen molar-refractivity contribution in [3.8, 4) is 0 Å². The van der Waals surface area contributed by atoms with Gasteiger partial charge in [0, 0.05) is 18.3 Å². The third kappa shape index (κ3) is 5.95. The highest BCUT2D eigenvalue weighted by Gasteiger charge is 2.14. The second kappa shape index (κ2) is 8.59. The van der Waals surface area contributed by atoms with Crippen molar-refractivity contribution in [2.24, 2.45) is 0 Å². The summed E-state index contributed by atoms with van der Waals surface area (Å²) in [5.41, 5.74) is 1.14. The summed E-state index contributed by atoms with van der Waals surface area (Å²) in [7, 11) is 0. The maximum absolute atomic E-state index is 9.86. The molecule has 3 nitrogen and oxygen atoms in total. The molecular weight excluding hydrogens is 258 g/mol. The summed E-state index contributed by atoms with van der Waals surface area (Å²) in [5.74, 6) is 2.44. The number of thioether (sulfide) groups is 1. The lowest BCUT2D eigenvalue weighted by molar-refractivity contribution is 0.0277. The Labute approximate surface area is 119 Å². The zero-order valence-corrected chi connectivity index (χ0v) is 12.1. The van der Waals surface area contributed by atoms with Crippen LogP contribution < -0.4 is 5.32 Å². The number of aliphatic hydroxyl groups excluding tert-OH is 1. The van der Waals surface area contributed by atoms with E-state index in [1.54, 1.807) is 0 Å². The van der Waals surface area contributed by atoms with Crippen LogP contribution in [-0.2, 0) is 11.3 Å². The Morgan fingerprint density at radius 3 is 2.95 bits per heavy atom. The molecule has 0 saturated carbocycles. The Hall–Kier alpha value is -0.550. The van der Waals surface area contributed by atoms with Crippen LogP contribution in [0.4, 0.5) is 0 Å². The van der Waals surface area contributed by atoms with E-state index in [4.69, 9.17) is 4.74 Å². The molecule has 1 aliphatic heterocycles.